The molecule has 1 aromatic heterocycles. The van der Waals surface area contributed by atoms with Gasteiger partial charge in [0.05, 0.1) is 12.8 Å². The number of benzene rings is 1. The molecule has 0 unspecified atom stereocenters. The number of nitrogens with zero attached hydrogens (tertiary/aromatic N) is 2. The molecule has 0 saturated carbocycles. The minimum atomic E-state index is -0.139. The van der Waals surface area contributed by atoms with Crippen LogP contribution in [0.25, 0.3) is 0 Å². The Morgan fingerprint density at radius 1 is 1.50 bits per heavy atom. The average molecular weight is 245 g/mol. The van der Waals surface area contributed by atoms with Gasteiger partial charge in [-0.25, -0.2) is 4.98 Å². The summed E-state index contributed by atoms with van der Waals surface area (Å²) in [4.78, 5) is 16.4. The van der Waals surface area contributed by atoms with Crippen LogP contribution in [0.1, 0.15) is 23.1 Å². The second-order valence-electron chi connectivity index (χ2n) is 3.82. The first-order valence-corrected chi connectivity index (χ1v) is 5.66. The third-order valence-corrected chi connectivity index (χ3v) is 2.75. The highest BCUT2D eigenvalue weighted by molar-refractivity contribution is 6.07. The molecule has 0 amide bonds. The Balaban J connectivity index is 2.40. The van der Waals surface area contributed by atoms with Gasteiger partial charge in [0, 0.05) is 24.5 Å². The molecule has 94 valence electrons. The number of aromatic nitrogens is 2. The fourth-order valence-corrected chi connectivity index (χ4v) is 1.75. The van der Waals surface area contributed by atoms with Crippen LogP contribution in [0.3, 0.4) is 0 Å². The largest absolute Gasteiger partial charge is 0.495 e. The van der Waals surface area contributed by atoms with Gasteiger partial charge in [0.1, 0.15) is 5.75 Å². The summed E-state index contributed by atoms with van der Waals surface area (Å²) in [5.74, 6) is 0.778. The number of nitrogens with two attached hydrogens (primary N) is 1. The van der Waals surface area contributed by atoms with Crippen LogP contribution in [-0.2, 0) is 6.54 Å². The van der Waals surface area contributed by atoms with E-state index in [4.69, 9.17) is 10.5 Å². The number of carbonyl (C=O) groups is 1. The molecule has 1 aromatic carbocycles. The third-order valence-electron chi connectivity index (χ3n) is 2.75. The third kappa shape index (κ3) is 2.07. The summed E-state index contributed by atoms with van der Waals surface area (Å²) >= 11 is 0. The van der Waals surface area contributed by atoms with Crippen LogP contribution in [0, 0.1) is 0 Å². The molecule has 5 nitrogen and oxygen atoms in total. The molecule has 5 heteroatoms. The van der Waals surface area contributed by atoms with E-state index >= 15 is 0 Å². The maximum atomic E-state index is 12.3. The number of ether oxygens (including phenoxy) is 1. The SMILES string of the molecule is CCn1ccnc1C(=O)c1ccc(N)c(OC)c1. The molecule has 0 aliphatic carbocycles. The molecule has 0 atom stereocenters. The predicted octanol–water partition coefficient (Wildman–Crippen LogP) is 1.72. The van der Waals surface area contributed by atoms with Crippen molar-refractivity contribution in [2.75, 3.05) is 12.8 Å². The van der Waals surface area contributed by atoms with Crippen molar-refractivity contribution in [2.24, 2.45) is 0 Å². The highest BCUT2D eigenvalue weighted by Crippen LogP contribution is 2.23. The van der Waals surface area contributed by atoms with Crippen molar-refractivity contribution in [1.82, 2.24) is 9.55 Å². The molecule has 0 radical (unpaired) electrons. The van der Waals surface area contributed by atoms with Crippen LogP contribution in [0.5, 0.6) is 5.75 Å². The molecular formula is C13H15N3O2. The number of aryl methyl sites for hydroxylation is 1. The van der Waals surface area contributed by atoms with Crippen molar-refractivity contribution < 1.29 is 9.53 Å². The molecule has 0 spiro atoms. The highest BCUT2D eigenvalue weighted by Gasteiger charge is 2.15. The lowest BCUT2D eigenvalue weighted by molar-refractivity contribution is 0.102. The molecule has 0 saturated heterocycles. The number of nitrogen functional groups attached to an aromatic ring is 1. The number of methoxy groups -OCH3 is 1. The maximum absolute atomic E-state index is 12.3. The van der Waals surface area contributed by atoms with Crippen LogP contribution in [0.4, 0.5) is 5.69 Å². The molecule has 0 aliphatic rings. The van der Waals surface area contributed by atoms with E-state index < -0.39 is 0 Å². The van der Waals surface area contributed by atoms with Crippen LogP contribution >= 0.6 is 0 Å². The van der Waals surface area contributed by atoms with Crippen molar-refractivity contribution in [2.45, 2.75) is 13.5 Å². The zero-order chi connectivity index (χ0) is 13.1. The van der Waals surface area contributed by atoms with Crippen LogP contribution in [0.2, 0.25) is 0 Å². The van der Waals surface area contributed by atoms with Gasteiger partial charge in [0.25, 0.3) is 0 Å². The summed E-state index contributed by atoms with van der Waals surface area (Å²) in [5.41, 5.74) is 6.74. The standard InChI is InChI=1S/C13H15N3O2/c1-3-16-7-6-15-13(16)12(17)9-4-5-10(14)11(8-9)18-2/h4-8H,3,14H2,1-2H3. The number of ketones is 1. The Morgan fingerprint density at radius 2 is 2.28 bits per heavy atom. The van der Waals surface area contributed by atoms with Gasteiger partial charge >= 0.3 is 0 Å². The van der Waals surface area contributed by atoms with Crippen LogP contribution < -0.4 is 10.5 Å². The molecule has 2 aromatic rings. The number of rotatable bonds is 4. The van der Waals surface area contributed by atoms with Gasteiger partial charge in [0.2, 0.25) is 5.78 Å². The minimum Gasteiger partial charge on any atom is -0.495 e. The Morgan fingerprint density at radius 3 is 2.94 bits per heavy atom. The van der Waals surface area contributed by atoms with E-state index in [1.54, 1.807) is 35.2 Å². The Kier molecular flexibility index (Phi) is 3.32. The van der Waals surface area contributed by atoms with E-state index in [-0.39, 0.29) is 5.78 Å². The van der Waals surface area contributed by atoms with Gasteiger partial charge in [0.15, 0.2) is 5.82 Å². The van der Waals surface area contributed by atoms with Gasteiger partial charge in [-0.05, 0) is 25.1 Å². The van der Waals surface area contributed by atoms with E-state index in [0.717, 1.165) is 0 Å². The van der Waals surface area contributed by atoms with Crippen LogP contribution in [0.15, 0.2) is 30.6 Å². The molecule has 1 heterocycles. The first-order valence-electron chi connectivity index (χ1n) is 5.66. The lowest BCUT2D eigenvalue weighted by Gasteiger charge is -2.07. The summed E-state index contributed by atoms with van der Waals surface area (Å²) in [6.45, 7) is 2.66. The average Bonchev–Trinajstić information content (AvgIpc) is 2.86. The quantitative estimate of drug-likeness (QED) is 0.657. The number of hydrogen-bond donors (Lipinski definition) is 1. The van der Waals surface area contributed by atoms with Crippen molar-refractivity contribution in [3.05, 3.63) is 42.0 Å². The molecular weight excluding hydrogens is 230 g/mol. The molecule has 0 fully saturated rings. The first-order chi connectivity index (χ1) is 8.67. The monoisotopic (exact) mass is 245 g/mol. The zero-order valence-corrected chi connectivity index (χ0v) is 10.4. The van der Waals surface area contributed by atoms with E-state index in [0.29, 0.717) is 29.4 Å². The summed E-state index contributed by atoms with van der Waals surface area (Å²) in [7, 11) is 1.52. The first kappa shape index (κ1) is 12.2. The van der Waals surface area contributed by atoms with Gasteiger partial charge < -0.3 is 15.0 Å². The Hall–Kier alpha value is -2.30. The number of hydrogen-bond acceptors (Lipinski definition) is 4. The van der Waals surface area contributed by atoms with Crippen LogP contribution in [-0.4, -0.2) is 22.4 Å². The lowest BCUT2D eigenvalue weighted by Crippen LogP contribution is -2.10. The topological polar surface area (TPSA) is 70.1 Å². The van der Waals surface area contributed by atoms with Gasteiger partial charge in [-0.15, -0.1) is 0 Å². The predicted molar refractivity (Wildman–Crippen MR) is 68.7 cm³/mol. The van der Waals surface area contributed by atoms with Crippen molar-refractivity contribution in [1.29, 1.82) is 0 Å². The van der Waals surface area contributed by atoms with E-state index in [2.05, 4.69) is 4.98 Å². The van der Waals surface area contributed by atoms with Crippen molar-refractivity contribution in [3.8, 4) is 5.75 Å². The van der Waals surface area contributed by atoms with Crippen molar-refractivity contribution >= 4 is 11.5 Å². The number of anilines is 1. The lowest BCUT2D eigenvalue weighted by atomic mass is 10.1. The number of imidazole rings is 1. The fourth-order valence-electron chi connectivity index (χ4n) is 1.75. The summed E-state index contributed by atoms with van der Waals surface area (Å²) in [6.07, 6.45) is 3.40. The second kappa shape index (κ2) is 4.91. The molecule has 0 aliphatic heterocycles. The molecule has 0 bridgehead atoms. The fraction of sp³-hybridized carbons (Fsp3) is 0.231. The smallest absolute Gasteiger partial charge is 0.228 e. The minimum absolute atomic E-state index is 0.139. The Bertz CT molecular complexity index is 575. The Labute approximate surface area is 105 Å². The summed E-state index contributed by atoms with van der Waals surface area (Å²) in [5, 5.41) is 0. The zero-order valence-electron chi connectivity index (χ0n) is 10.4. The molecule has 18 heavy (non-hydrogen) atoms. The van der Waals surface area contributed by atoms with Gasteiger partial charge in [-0.3, -0.25) is 4.79 Å². The molecule has 2 rings (SSSR count). The second-order valence-corrected chi connectivity index (χ2v) is 3.82. The van der Waals surface area contributed by atoms with Gasteiger partial charge in [-0.1, -0.05) is 0 Å². The normalized spacial score (nSPS) is 10.3. The number of carbonyl (C=O) groups excluding carboxylic acids is 1. The summed E-state index contributed by atoms with van der Waals surface area (Å²) in [6, 6.07) is 4.96. The highest BCUT2D eigenvalue weighted by atomic mass is 16.5. The van der Waals surface area contributed by atoms with E-state index in [9.17, 15) is 4.79 Å². The van der Waals surface area contributed by atoms with E-state index in [1.807, 2.05) is 6.92 Å². The van der Waals surface area contributed by atoms with Crippen molar-refractivity contribution in [3.63, 3.8) is 0 Å². The van der Waals surface area contributed by atoms with Gasteiger partial charge in [-0.2, -0.15) is 0 Å². The van der Waals surface area contributed by atoms with E-state index in [1.165, 1.54) is 7.11 Å². The molecule has 2 N–H and O–H groups in total. The summed E-state index contributed by atoms with van der Waals surface area (Å²) < 4.78 is 6.90. The maximum Gasteiger partial charge on any atom is 0.228 e.